The Kier molecular flexibility index (Phi) is 3.10. The van der Waals surface area contributed by atoms with Crippen molar-refractivity contribution in [3.63, 3.8) is 0 Å². The Bertz CT molecular complexity index is 608. The van der Waals surface area contributed by atoms with Gasteiger partial charge in [0.2, 0.25) is 0 Å². The predicted molar refractivity (Wildman–Crippen MR) is 59.8 cm³/mol. The number of benzene rings is 1. The van der Waals surface area contributed by atoms with Gasteiger partial charge in [0, 0.05) is 6.07 Å². The SMILES string of the molecule is CCc1cc(C(=O)O)n(-c2ccc(F)cc2F)n1. The zero-order valence-electron chi connectivity index (χ0n) is 9.52. The van der Waals surface area contributed by atoms with E-state index < -0.39 is 17.6 Å². The van der Waals surface area contributed by atoms with E-state index in [9.17, 15) is 13.6 Å². The number of halogens is 2. The third-order valence-electron chi connectivity index (χ3n) is 2.48. The van der Waals surface area contributed by atoms with Gasteiger partial charge in [-0.1, -0.05) is 6.92 Å². The Labute approximate surface area is 101 Å². The first-order chi connectivity index (χ1) is 8.52. The average Bonchev–Trinajstić information content (AvgIpc) is 2.73. The van der Waals surface area contributed by atoms with E-state index in [2.05, 4.69) is 5.10 Å². The molecule has 0 fully saturated rings. The van der Waals surface area contributed by atoms with E-state index in [1.807, 2.05) is 0 Å². The molecule has 94 valence electrons. The van der Waals surface area contributed by atoms with E-state index in [0.29, 0.717) is 18.2 Å². The number of hydrogen-bond donors (Lipinski definition) is 1. The number of rotatable bonds is 3. The molecule has 0 bridgehead atoms. The molecule has 0 amide bonds. The van der Waals surface area contributed by atoms with Gasteiger partial charge in [0.15, 0.2) is 11.5 Å². The van der Waals surface area contributed by atoms with E-state index >= 15 is 0 Å². The summed E-state index contributed by atoms with van der Waals surface area (Å²) < 4.78 is 27.4. The lowest BCUT2D eigenvalue weighted by Gasteiger charge is -2.05. The Morgan fingerprint density at radius 3 is 2.67 bits per heavy atom. The molecule has 0 unspecified atom stereocenters. The summed E-state index contributed by atoms with van der Waals surface area (Å²) in [4.78, 5) is 11.0. The molecule has 4 nitrogen and oxygen atoms in total. The van der Waals surface area contributed by atoms with E-state index in [0.717, 1.165) is 16.8 Å². The Balaban J connectivity index is 2.62. The standard InChI is InChI=1S/C12H10F2N2O2/c1-2-8-6-11(12(17)18)16(15-8)10-4-3-7(13)5-9(10)14/h3-6H,2H2,1H3,(H,17,18). The molecule has 0 aliphatic rings. The topological polar surface area (TPSA) is 55.1 Å². The van der Waals surface area contributed by atoms with Crippen LogP contribution in [0.1, 0.15) is 23.1 Å². The van der Waals surface area contributed by atoms with Gasteiger partial charge in [-0.2, -0.15) is 5.10 Å². The summed E-state index contributed by atoms with van der Waals surface area (Å²) in [5, 5.41) is 13.0. The lowest BCUT2D eigenvalue weighted by atomic mass is 10.2. The van der Waals surface area contributed by atoms with Crippen LogP contribution < -0.4 is 0 Å². The third kappa shape index (κ3) is 2.09. The van der Waals surface area contributed by atoms with Crippen molar-refractivity contribution in [2.75, 3.05) is 0 Å². The van der Waals surface area contributed by atoms with E-state index in [4.69, 9.17) is 5.11 Å². The number of carboxylic acids is 1. The molecule has 1 aromatic heterocycles. The van der Waals surface area contributed by atoms with Gasteiger partial charge < -0.3 is 5.11 Å². The molecule has 1 aromatic carbocycles. The maximum absolute atomic E-state index is 13.6. The van der Waals surface area contributed by atoms with Gasteiger partial charge in [0.25, 0.3) is 0 Å². The van der Waals surface area contributed by atoms with Gasteiger partial charge in [-0.25, -0.2) is 18.3 Å². The molecule has 6 heteroatoms. The Morgan fingerprint density at radius 2 is 2.11 bits per heavy atom. The molecule has 0 saturated heterocycles. The molecule has 0 saturated carbocycles. The van der Waals surface area contributed by atoms with Crippen LogP contribution in [0.25, 0.3) is 5.69 Å². The second kappa shape index (κ2) is 4.56. The predicted octanol–water partition coefficient (Wildman–Crippen LogP) is 2.41. The minimum atomic E-state index is -1.22. The fraction of sp³-hybridized carbons (Fsp3) is 0.167. The molecule has 2 rings (SSSR count). The maximum atomic E-state index is 13.6. The summed E-state index contributed by atoms with van der Waals surface area (Å²) in [6, 6.07) is 4.26. The first kappa shape index (κ1) is 12.2. The van der Waals surface area contributed by atoms with Crippen molar-refractivity contribution in [3.8, 4) is 5.69 Å². The molecule has 2 aromatic rings. The van der Waals surface area contributed by atoms with Crippen molar-refractivity contribution in [2.24, 2.45) is 0 Å². The van der Waals surface area contributed by atoms with Gasteiger partial charge in [0.1, 0.15) is 11.5 Å². The highest BCUT2D eigenvalue weighted by atomic mass is 19.1. The van der Waals surface area contributed by atoms with Crippen molar-refractivity contribution in [1.29, 1.82) is 0 Å². The van der Waals surface area contributed by atoms with Gasteiger partial charge in [-0.05, 0) is 24.6 Å². The van der Waals surface area contributed by atoms with Crippen LogP contribution in [-0.4, -0.2) is 20.9 Å². The number of aryl methyl sites for hydroxylation is 1. The van der Waals surface area contributed by atoms with Crippen LogP contribution in [0.5, 0.6) is 0 Å². The quantitative estimate of drug-likeness (QED) is 0.912. The van der Waals surface area contributed by atoms with Crippen LogP contribution in [-0.2, 0) is 6.42 Å². The highest BCUT2D eigenvalue weighted by molar-refractivity contribution is 5.86. The largest absolute Gasteiger partial charge is 0.477 e. The maximum Gasteiger partial charge on any atom is 0.354 e. The van der Waals surface area contributed by atoms with Crippen molar-refractivity contribution >= 4 is 5.97 Å². The summed E-state index contributed by atoms with van der Waals surface area (Å²) >= 11 is 0. The molecule has 0 spiro atoms. The van der Waals surface area contributed by atoms with Crippen LogP contribution in [0.15, 0.2) is 24.3 Å². The van der Waals surface area contributed by atoms with Gasteiger partial charge in [0.05, 0.1) is 5.69 Å². The smallest absolute Gasteiger partial charge is 0.354 e. The molecule has 18 heavy (non-hydrogen) atoms. The average molecular weight is 252 g/mol. The second-order valence-corrected chi connectivity index (χ2v) is 3.69. The molecule has 0 aliphatic carbocycles. The minimum absolute atomic E-state index is 0.0894. The summed E-state index contributed by atoms with van der Waals surface area (Å²) in [5.74, 6) is -2.80. The summed E-state index contributed by atoms with van der Waals surface area (Å²) in [5.41, 5.74) is 0.280. The highest BCUT2D eigenvalue weighted by Crippen LogP contribution is 2.17. The summed E-state index contributed by atoms with van der Waals surface area (Å²) in [6.07, 6.45) is 0.524. The summed E-state index contributed by atoms with van der Waals surface area (Å²) in [7, 11) is 0. The molecule has 0 radical (unpaired) electrons. The number of carboxylic acid groups (broad SMARTS) is 1. The molecule has 1 N–H and O–H groups in total. The number of hydrogen-bond acceptors (Lipinski definition) is 2. The van der Waals surface area contributed by atoms with Gasteiger partial charge in [-0.3, -0.25) is 0 Å². The lowest BCUT2D eigenvalue weighted by molar-refractivity contribution is 0.0687. The fourth-order valence-corrected chi connectivity index (χ4v) is 1.59. The van der Waals surface area contributed by atoms with Crippen molar-refractivity contribution in [3.05, 3.63) is 47.3 Å². The third-order valence-corrected chi connectivity index (χ3v) is 2.48. The molecular weight excluding hydrogens is 242 g/mol. The molecular formula is C12H10F2N2O2. The Hall–Kier alpha value is -2.24. The number of aromatic nitrogens is 2. The monoisotopic (exact) mass is 252 g/mol. The van der Waals surface area contributed by atoms with E-state index in [1.54, 1.807) is 6.92 Å². The van der Waals surface area contributed by atoms with Gasteiger partial charge >= 0.3 is 5.97 Å². The molecule has 0 atom stereocenters. The first-order valence-electron chi connectivity index (χ1n) is 5.30. The van der Waals surface area contributed by atoms with Crippen LogP contribution in [0, 0.1) is 11.6 Å². The fourth-order valence-electron chi connectivity index (χ4n) is 1.59. The molecule has 0 aliphatic heterocycles. The van der Waals surface area contributed by atoms with E-state index in [1.165, 1.54) is 6.07 Å². The number of nitrogens with zero attached hydrogens (tertiary/aromatic N) is 2. The molecule has 1 heterocycles. The highest BCUT2D eigenvalue weighted by Gasteiger charge is 2.17. The number of aromatic carboxylic acids is 1. The zero-order valence-corrected chi connectivity index (χ0v) is 9.52. The number of carbonyl (C=O) groups is 1. The van der Waals surface area contributed by atoms with Crippen LogP contribution in [0.4, 0.5) is 8.78 Å². The van der Waals surface area contributed by atoms with E-state index in [-0.39, 0.29) is 11.4 Å². The van der Waals surface area contributed by atoms with Crippen molar-refractivity contribution in [2.45, 2.75) is 13.3 Å². The second-order valence-electron chi connectivity index (χ2n) is 3.69. The first-order valence-corrected chi connectivity index (χ1v) is 5.30. The normalized spacial score (nSPS) is 10.6. The van der Waals surface area contributed by atoms with Crippen LogP contribution in [0.2, 0.25) is 0 Å². The van der Waals surface area contributed by atoms with Gasteiger partial charge in [-0.15, -0.1) is 0 Å². The van der Waals surface area contributed by atoms with Crippen LogP contribution >= 0.6 is 0 Å². The summed E-state index contributed by atoms with van der Waals surface area (Å²) in [6.45, 7) is 1.80. The van der Waals surface area contributed by atoms with Crippen molar-refractivity contribution in [1.82, 2.24) is 9.78 Å². The van der Waals surface area contributed by atoms with Crippen molar-refractivity contribution < 1.29 is 18.7 Å². The minimum Gasteiger partial charge on any atom is -0.477 e. The lowest BCUT2D eigenvalue weighted by Crippen LogP contribution is -2.09. The van der Waals surface area contributed by atoms with Crippen LogP contribution in [0.3, 0.4) is 0 Å². The Morgan fingerprint density at radius 1 is 1.39 bits per heavy atom. The zero-order chi connectivity index (χ0) is 13.3.